The van der Waals surface area contributed by atoms with Crippen LogP contribution in [0, 0.1) is 5.92 Å². The van der Waals surface area contributed by atoms with E-state index < -0.39 is 0 Å². The van der Waals surface area contributed by atoms with Gasteiger partial charge in [0.1, 0.15) is 0 Å². The van der Waals surface area contributed by atoms with E-state index in [0.717, 1.165) is 25.6 Å². The minimum atomic E-state index is 0.738. The Bertz CT molecular complexity index is 54.9. The lowest BCUT2D eigenvalue weighted by Gasteiger charge is -2.05. The second-order valence-electron chi connectivity index (χ2n) is 2.59. The van der Waals surface area contributed by atoms with E-state index >= 15 is 0 Å². The molecule has 1 N–H and O–H groups in total. The summed E-state index contributed by atoms with van der Waals surface area (Å²) in [5.74, 6) is 0.738. The quantitative estimate of drug-likeness (QED) is 0.559. The molecule has 0 unspecified atom stereocenters. The topological polar surface area (TPSA) is 21.3 Å². The van der Waals surface area contributed by atoms with Gasteiger partial charge in [-0.15, -0.1) is 0 Å². The van der Waals surface area contributed by atoms with Crippen LogP contribution >= 0.6 is 0 Å². The van der Waals surface area contributed by atoms with Crippen molar-refractivity contribution in [3.8, 4) is 0 Å². The highest BCUT2D eigenvalue weighted by Crippen LogP contribution is 1.85. The van der Waals surface area contributed by atoms with E-state index in [1.165, 1.54) is 0 Å². The molecule has 0 rings (SSSR count). The van der Waals surface area contributed by atoms with Gasteiger partial charge in [-0.05, 0) is 12.5 Å². The zero-order valence-corrected chi connectivity index (χ0v) is 6.61. The fourth-order valence-corrected chi connectivity index (χ4v) is 0.565. The van der Waals surface area contributed by atoms with Crippen molar-refractivity contribution in [2.75, 3.05) is 26.8 Å². The molecule has 0 saturated heterocycles. The van der Waals surface area contributed by atoms with E-state index in [4.69, 9.17) is 4.74 Å². The highest BCUT2D eigenvalue weighted by atomic mass is 16.5. The molecule has 56 valence electrons. The molecule has 0 spiro atoms. The molecule has 2 heteroatoms. The van der Waals surface area contributed by atoms with Gasteiger partial charge in [-0.25, -0.2) is 0 Å². The van der Waals surface area contributed by atoms with E-state index in [0.29, 0.717) is 0 Å². The van der Waals surface area contributed by atoms with Gasteiger partial charge in [-0.2, -0.15) is 0 Å². The molecule has 0 fully saturated rings. The van der Waals surface area contributed by atoms with Crippen LogP contribution in [0.4, 0.5) is 0 Å². The Kier molecular flexibility index (Phi) is 5.99. The molecule has 0 aliphatic rings. The van der Waals surface area contributed by atoms with Crippen LogP contribution in [0.5, 0.6) is 0 Å². The maximum atomic E-state index is 4.86. The molecular formula is C7H17NO. The van der Waals surface area contributed by atoms with Crippen LogP contribution in [-0.4, -0.2) is 26.8 Å². The number of ether oxygens (including phenoxy) is 1. The number of methoxy groups -OCH3 is 1. The van der Waals surface area contributed by atoms with E-state index in [1.54, 1.807) is 7.11 Å². The van der Waals surface area contributed by atoms with Crippen LogP contribution in [0.1, 0.15) is 13.8 Å². The second kappa shape index (κ2) is 6.05. The highest BCUT2D eigenvalue weighted by Gasteiger charge is 1.90. The third-order valence-electron chi connectivity index (χ3n) is 1.04. The molecular weight excluding hydrogens is 114 g/mol. The lowest BCUT2D eigenvalue weighted by Crippen LogP contribution is -2.23. The van der Waals surface area contributed by atoms with Gasteiger partial charge >= 0.3 is 0 Å². The van der Waals surface area contributed by atoms with Crippen molar-refractivity contribution in [2.45, 2.75) is 13.8 Å². The number of hydrogen-bond acceptors (Lipinski definition) is 2. The first kappa shape index (κ1) is 8.92. The number of nitrogens with one attached hydrogen (secondary N) is 1. The van der Waals surface area contributed by atoms with Gasteiger partial charge in [0.15, 0.2) is 0 Å². The smallest absolute Gasteiger partial charge is 0.0587 e. The Hall–Kier alpha value is -0.0800. The summed E-state index contributed by atoms with van der Waals surface area (Å²) in [5, 5.41) is 3.26. The van der Waals surface area contributed by atoms with Crippen LogP contribution < -0.4 is 5.32 Å². The molecule has 0 aromatic rings. The molecule has 0 saturated carbocycles. The summed E-state index contributed by atoms with van der Waals surface area (Å²) < 4.78 is 4.86. The third-order valence-corrected chi connectivity index (χ3v) is 1.04. The Morgan fingerprint density at radius 2 is 2.11 bits per heavy atom. The lowest BCUT2D eigenvalue weighted by molar-refractivity contribution is 0.198. The summed E-state index contributed by atoms with van der Waals surface area (Å²) in [7, 11) is 1.72. The molecule has 0 aromatic heterocycles. The second-order valence-corrected chi connectivity index (χ2v) is 2.59. The average Bonchev–Trinajstić information content (AvgIpc) is 1.80. The first-order chi connectivity index (χ1) is 4.27. The summed E-state index contributed by atoms with van der Waals surface area (Å²) in [6.07, 6.45) is 0. The van der Waals surface area contributed by atoms with Gasteiger partial charge < -0.3 is 10.1 Å². The monoisotopic (exact) mass is 131 g/mol. The Labute approximate surface area is 57.6 Å². The fourth-order valence-electron chi connectivity index (χ4n) is 0.565. The van der Waals surface area contributed by atoms with Gasteiger partial charge in [0.2, 0.25) is 0 Å². The number of hydrogen-bond donors (Lipinski definition) is 1. The highest BCUT2D eigenvalue weighted by molar-refractivity contribution is 4.49. The van der Waals surface area contributed by atoms with Crippen LogP contribution in [0.15, 0.2) is 0 Å². The summed E-state index contributed by atoms with van der Waals surface area (Å²) in [5.41, 5.74) is 0. The van der Waals surface area contributed by atoms with Gasteiger partial charge in [-0.1, -0.05) is 13.8 Å². The molecule has 0 heterocycles. The molecule has 0 aromatic carbocycles. The molecule has 0 bridgehead atoms. The molecule has 9 heavy (non-hydrogen) atoms. The van der Waals surface area contributed by atoms with Gasteiger partial charge in [-0.3, -0.25) is 0 Å². The van der Waals surface area contributed by atoms with Gasteiger partial charge in [0.05, 0.1) is 6.61 Å². The Morgan fingerprint density at radius 3 is 2.56 bits per heavy atom. The summed E-state index contributed by atoms with van der Waals surface area (Å²) >= 11 is 0. The SMILES string of the molecule is COCCNCC(C)C. The average molecular weight is 131 g/mol. The fraction of sp³-hybridized carbons (Fsp3) is 1.00. The molecule has 0 radical (unpaired) electrons. The standard InChI is InChI=1S/C7H17NO/c1-7(2)6-8-4-5-9-3/h7-8H,4-6H2,1-3H3. The predicted octanol–water partition coefficient (Wildman–Crippen LogP) is 0.878. The van der Waals surface area contributed by atoms with E-state index in [2.05, 4.69) is 19.2 Å². The minimum Gasteiger partial charge on any atom is -0.383 e. The molecule has 0 amide bonds. The third kappa shape index (κ3) is 7.92. The molecule has 0 aliphatic carbocycles. The van der Waals surface area contributed by atoms with Crippen LogP contribution in [-0.2, 0) is 4.74 Å². The number of rotatable bonds is 5. The van der Waals surface area contributed by atoms with Crippen LogP contribution in [0.2, 0.25) is 0 Å². The van der Waals surface area contributed by atoms with E-state index in [-0.39, 0.29) is 0 Å². The maximum Gasteiger partial charge on any atom is 0.0587 e. The zero-order valence-electron chi connectivity index (χ0n) is 6.61. The lowest BCUT2D eigenvalue weighted by atomic mass is 10.2. The molecule has 0 atom stereocenters. The van der Waals surface area contributed by atoms with Gasteiger partial charge in [0.25, 0.3) is 0 Å². The first-order valence-electron chi connectivity index (χ1n) is 3.47. The van der Waals surface area contributed by atoms with Crippen molar-refractivity contribution in [3.05, 3.63) is 0 Å². The molecule has 0 aliphatic heterocycles. The van der Waals surface area contributed by atoms with Crippen molar-refractivity contribution >= 4 is 0 Å². The van der Waals surface area contributed by atoms with E-state index in [9.17, 15) is 0 Å². The Balaban J connectivity index is 2.75. The van der Waals surface area contributed by atoms with Crippen molar-refractivity contribution in [1.29, 1.82) is 0 Å². The van der Waals surface area contributed by atoms with Crippen molar-refractivity contribution in [2.24, 2.45) is 5.92 Å². The molecule has 2 nitrogen and oxygen atoms in total. The van der Waals surface area contributed by atoms with Crippen molar-refractivity contribution in [1.82, 2.24) is 5.32 Å². The maximum absolute atomic E-state index is 4.86. The van der Waals surface area contributed by atoms with Crippen LogP contribution in [0.3, 0.4) is 0 Å². The summed E-state index contributed by atoms with van der Waals surface area (Å²) in [4.78, 5) is 0. The van der Waals surface area contributed by atoms with Gasteiger partial charge in [0, 0.05) is 13.7 Å². The van der Waals surface area contributed by atoms with Crippen molar-refractivity contribution < 1.29 is 4.74 Å². The normalized spacial score (nSPS) is 10.7. The Morgan fingerprint density at radius 1 is 1.44 bits per heavy atom. The minimum absolute atomic E-state index is 0.738. The van der Waals surface area contributed by atoms with Crippen molar-refractivity contribution in [3.63, 3.8) is 0 Å². The predicted molar refractivity (Wildman–Crippen MR) is 39.6 cm³/mol. The first-order valence-corrected chi connectivity index (χ1v) is 3.47. The van der Waals surface area contributed by atoms with Crippen LogP contribution in [0.25, 0.3) is 0 Å². The summed E-state index contributed by atoms with van der Waals surface area (Å²) in [6, 6.07) is 0. The largest absolute Gasteiger partial charge is 0.383 e. The summed E-state index contributed by atoms with van der Waals surface area (Å²) in [6.45, 7) is 7.25. The zero-order chi connectivity index (χ0) is 7.11. The van der Waals surface area contributed by atoms with E-state index in [1.807, 2.05) is 0 Å².